The number of carbonyl (C=O) groups excluding carboxylic acids is 1. The molecule has 5 heteroatoms. The van der Waals surface area contributed by atoms with Crippen molar-refractivity contribution in [3.63, 3.8) is 0 Å². The lowest BCUT2D eigenvalue weighted by Gasteiger charge is -2.10. The highest BCUT2D eigenvalue weighted by Crippen LogP contribution is 1.96. The summed E-state index contributed by atoms with van der Waals surface area (Å²) in [7, 11) is 0. The van der Waals surface area contributed by atoms with Crippen molar-refractivity contribution in [3.8, 4) is 0 Å². The van der Waals surface area contributed by atoms with E-state index in [0.29, 0.717) is 5.75 Å². The molecule has 0 saturated heterocycles. The van der Waals surface area contributed by atoms with Crippen LogP contribution in [0.2, 0.25) is 0 Å². The number of hydrogen-bond donors (Lipinski definition) is 2. The first-order valence-corrected chi connectivity index (χ1v) is 7.02. The van der Waals surface area contributed by atoms with Crippen LogP contribution in [0.4, 0.5) is 0 Å². The standard InChI is InChI=1S/C8H18N2OS2/c1-12-5-3-4-10-8(11)7(9)6-13-2/h7H,3-6,9H2,1-2H3,(H,10,11). The van der Waals surface area contributed by atoms with E-state index in [-0.39, 0.29) is 11.9 Å². The Hall–Kier alpha value is 0.130. The smallest absolute Gasteiger partial charge is 0.237 e. The van der Waals surface area contributed by atoms with Crippen molar-refractivity contribution in [1.82, 2.24) is 5.32 Å². The van der Waals surface area contributed by atoms with Crippen molar-refractivity contribution < 1.29 is 4.79 Å². The molecule has 0 aromatic heterocycles. The summed E-state index contributed by atoms with van der Waals surface area (Å²) < 4.78 is 0. The zero-order chi connectivity index (χ0) is 10.1. The van der Waals surface area contributed by atoms with Gasteiger partial charge in [0.15, 0.2) is 0 Å². The fourth-order valence-corrected chi connectivity index (χ4v) is 1.76. The topological polar surface area (TPSA) is 55.1 Å². The molecule has 0 aliphatic carbocycles. The molecule has 0 aromatic rings. The molecule has 0 aliphatic rings. The average Bonchev–Trinajstić information content (AvgIpc) is 2.12. The molecule has 0 aliphatic heterocycles. The van der Waals surface area contributed by atoms with Gasteiger partial charge in [-0.2, -0.15) is 23.5 Å². The largest absolute Gasteiger partial charge is 0.355 e. The Morgan fingerprint density at radius 3 is 2.69 bits per heavy atom. The van der Waals surface area contributed by atoms with Crippen LogP contribution >= 0.6 is 23.5 Å². The van der Waals surface area contributed by atoms with Crippen molar-refractivity contribution in [2.24, 2.45) is 5.73 Å². The van der Waals surface area contributed by atoms with Crippen LogP contribution in [0.15, 0.2) is 0 Å². The van der Waals surface area contributed by atoms with Gasteiger partial charge >= 0.3 is 0 Å². The lowest BCUT2D eigenvalue weighted by atomic mass is 10.3. The molecular formula is C8H18N2OS2. The van der Waals surface area contributed by atoms with Crippen LogP contribution < -0.4 is 11.1 Å². The zero-order valence-corrected chi connectivity index (χ0v) is 9.84. The van der Waals surface area contributed by atoms with Gasteiger partial charge in [0.05, 0.1) is 6.04 Å². The Balaban J connectivity index is 3.38. The van der Waals surface area contributed by atoms with Crippen LogP contribution in [-0.4, -0.2) is 42.5 Å². The minimum absolute atomic E-state index is 0.0320. The van der Waals surface area contributed by atoms with Gasteiger partial charge in [-0.05, 0) is 24.7 Å². The van der Waals surface area contributed by atoms with Crippen LogP contribution in [0.3, 0.4) is 0 Å². The zero-order valence-electron chi connectivity index (χ0n) is 8.21. The SMILES string of the molecule is CSCCCNC(=O)C(N)CSC. The molecule has 3 nitrogen and oxygen atoms in total. The summed E-state index contributed by atoms with van der Waals surface area (Å²) in [6.07, 6.45) is 5.01. The summed E-state index contributed by atoms with van der Waals surface area (Å²) in [5.74, 6) is 1.74. The van der Waals surface area contributed by atoms with E-state index >= 15 is 0 Å². The number of hydrogen-bond acceptors (Lipinski definition) is 4. The monoisotopic (exact) mass is 222 g/mol. The van der Waals surface area contributed by atoms with Gasteiger partial charge in [-0.1, -0.05) is 0 Å². The van der Waals surface area contributed by atoms with Gasteiger partial charge < -0.3 is 11.1 Å². The second-order valence-electron chi connectivity index (χ2n) is 2.70. The molecule has 0 radical (unpaired) electrons. The molecule has 0 fully saturated rings. The van der Waals surface area contributed by atoms with Crippen molar-refractivity contribution in [1.29, 1.82) is 0 Å². The van der Waals surface area contributed by atoms with Gasteiger partial charge in [0.1, 0.15) is 0 Å². The minimum Gasteiger partial charge on any atom is -0.355 e. The molecule has 78 valence electrons. The van der Waals surface area contributed by atoms with Gasteiger partial charge in [0.25, 0.3) is 0 Å². The summed E-state index contributed by atoms with van der Waals surface area (Å²) >= 11 is 3.38. The molecule has 1 unspecified atom stereocenters. The van der Waals surface area contributed by atoms with Crippen LogP contribution in [0.1, 0.15) is 6.42 Å². The van der Waals surface area contributed by atoms with E-state index < -0.39 is 0 Å². The van der Waals surface area contributed by atoms with Crippen molar-refractivity contribution in [3.05, 3.63) is 0 Å². The summed E-state index contributed by atoms with van der Waals surface area (Å²) in [6.45, 7) is 0.738. The number of rotatable bonds is 7. The molecule has 3 N–H and O–H groups in total. The molecule has 0 spiro atoms. The Morgan fingerprint density at radius 2 is 2.15 bits per heavy atom. The van der Waals surface area contributed by atoms with E-state index in [1.807, 2.05) is 6.26 Å². The van der Waals surface area contributed by atoms with E-state index in [1.165, 1.54) is 0 Å². The molecule has 0 rings (SSSR count). The highest BCUT2D eigenvalue weighted by Gasteiger charge is 2.10. The van der Waals surface area contributed by atoms with Gasteiger partial charge in [0, 0.05) is 12.3 Å². The molecule has 0 bridgehead atoms. The van der Waals surface area contributed by atoms with Gasteiger partial charge in [-0.3, -0.25) is 4.79 Å². The van der Waals surface area contributed by atoms with E-state index in [1.54, 1.807) is 23.5 Å². The third-order valence-corrected chi connectivity index (χ3v) is 2.90. The van der Waals surface area contributed by atoms with Crippen LogP contribution in [0, 0.1) is 0 Å². The van der Waals surface area contributed by atoms with Crippen molar-refractivity contribution in [2.45, 2.75) is 12.5 Å². The Bertz CT molecular complexity index is 144. The van der Waals surface area contributed by atoms with Gasteiger partial charge in [-0.25, -0.2) is 0 Å². The summed E-state index contributed by atoms with van der Waals surface area (Å²) in [6, 6.07) is -0.357. The van der Waals surface area contributed by atoms with Gasteiger partial charge in [-0.15, -0.1) is 0 Å². The molecule has 1 atom stereocenters. The molecule has 13 heavy (non-hydrogen) atoms. The maximum Gasteiger partial charge on any atom is 0.237 e. The van der Waals surface area contributed by atoms with Crippen LogP contribution in [0.5, 0.6) is 0 Å². The second kappa shape index (κ2) is 8.72. The quantitative estimate of drug-likeness (QED) is 0.618. The summed E-state index contributed by atoms with van der Waals surface area (Å²) in [5.41, 5.74) is 5.60. The van der Waals surface area contributed by atoms with E-state index in [9.17, 15) is 4.79 Å². The average molecular weight is 222 g/mol. The lowest BCUT2D eigenvalue weighted by Crippen LogP contribution is -2.42. The molecule has 0 heterocycles. The second-order valence-corrected chi connectivity index (χ2v) is 4.60. The first-order valence-electron chi connectivity index (χ1n) is 4.23. The number of thioether (sulfide) groups is 2. The number of nitrogens with one attached hydrogen (secondary N) is 1. The maximum absolute atomic E-state index is 11.2. The number of carbonyl (C=O) groups is 1. The normalized spacial score (nSPS) is 12.5. The minimum atomic E-state index is -0.357. The van der Waals surface area contributed by atoms with E-state index in [4.69, 9.17) is 5.73 Å². The number of nitrogens with two attached hydrogens (primary N) is 1. The Morgan fingerprint density at radius 1 is 1.46 bits per heavy atom. The highest BCUT2D eigenvalue weighted by molar-refractivity contribution is 7.98. The van der Waals surface area contributed by atoms with Gasteiger partial charge in [0.2, 0.25) is 5.91 Å². The fourth-order valence-electron chi connectivity index (χ4n) is 0.814. The molecular weight excluding hydrogens is 204 g/mol. The maximum atomic E-state index is 11.2. The third kappa shape index (κ3) is 7.22. The predicted molar refractivity (Wildman–Crippen MR) is 62.4 cm³/mol. The third-order valence-electron chi connectivity index (χ3n) is 1.51. The first kappa shape index (κ1) is 13.1. The molecule has 0 saturated carbocycles. The van der Waals surface area contributed by atoms with Crippen molar-refractivity contribution >= 4 is 29.4 Å². The van der Waals surface area contributed by atoms with Crippen molar-refractivity contribution in [2.75, 3.05) is 30.6 Å². The highest BCUT2D eigenvalue weighted by atomic mass is 32.2. The summed E-state index contributed by atoms with van der Waals surface area (Å²) in [5, 5.41) is 2.81. The fraction of sp³-hybridized carbons (Fsp3) is 0.875. The number of amides is 1. The Kier molecular flexibility index (Phi) is 8.80. The Labute approximate surface area is 88.6 Å². The lowest BCUT2D eigenvalue weighted by molar-refractivity contribution is -0.121. The molecule has 0 aromatic carbocycles. The summed E-state index contributed by atoms with van der Waals surface area (Å²) in [4.78, 5) is 11.2. The van der Waals surface area contributed by atoms with E-state index in [2.05, 4.69) is 11.6 Å². The first-order chi connectivity index (χ1) is 6.22. The predicted octanol–water partition coefficient (Wildman–Crippen LogP) is 0.546. The van der Waals surface area contributed by atoms with Crippen LogP contribution in [0.25, 0.3) is 0 Å². The van der Waals surface area contributed by atoms with E-state index in [0.717, 1.165) is 18.7 Å². The molecule has 1 amide bonds. The van der Waals surface area contributed by atoms with Crippen LogP contribution in [-0.2, 0) is 4.79 Å².